The summed E-state index contributed by atoms with van der Waals surface area (Å²) < 4.78 is 0. The van der Waals surface area contributed by atoms with Gasteiger partial charge in [0.1, 0.15) is 23.2 Å². The number of aryl methyl sites for hydroxylation is 1. The predicted molar refractivity (Wildman–Crippen MR) is 170 cm³/mol. The van der Waals surface area contributed by atoms with E-state index < -0.39 is 0 Å². The predicted octanol–water partition coefficient (Wildman–Crippen LogP) is 3.48. The van der Waals surface area contributed by atoms with Gasteiger partial charge in [-0.2, -0.15) is 4.98 Å². The second kappa shape index (κ2) is 12.7. The lowest BCUT2D eigenvalue weighted by Crippen LogP contribution is -2.48. The maximum Gasteiger partial charge on any atom is 0.256 e. The Labute approximate surface area is 247 Å². The number of carbonyl (C=O) groups excluding carboxylic acids is 1. The highest BCUT2D eigenvalue weighted by Crippen LogP contribution is 2.28. The highest BCUT2D eigenvalue weighted by molar-refractivity contribution is 6.10. The number of carbonyl (C=O) groups is 1. The largest absolute Gasteiger partial charge is 0.401 e. The molecule has 1 fully saturated rings. The topological polar surface area (TPSA) is 164 Å². The van der Waals surface area contributed by atoms with Crippen LogP contribution in [0.25, 0.3) is 11.0 Å². The van der Waals surface area contributed by atoms with Gasteiger partial charge >= 0.3 is 0 Å². The van der Waals surface area contributed by atoms with Gasteiger partial charge in [0.05, 0.1) is 0 Å². The third-order valence-corrected chi connectivity index (χ3v) is 7.17. The molecular formula is C30H43N11O. The molecule has 12 nitrogen and oxygen atoms in total. The number of amides is 1. The number of nitrogens with two attached hydrogens (primary N) is 2. The van der Waals surface area contributed by atoms with Gasteiger partial charge in [-0.05, 0) is 36.6 Å². The van der Waals surface area contributed by atoms with Gasteiger partial charge in [-0.3, -0.25) is 14.7 Å². The Balaban J connectivity index is 1.58. The van der Waals surface area contributed by atoms with E-state index in [1.165, 1.54) is 6.33 Å². The molecule has 0 atom stereocenters. The van der Waals surface area contributed by atoms with Crippen LogP contribution in [0.1, 0.15) is 50.5 Å². The van der Waals surface area contributed by atoms with Crippen LogP contribution in [0, 0.1) is 18.3 Å². The Bertz CT molecular complexity index is 1500. The van der Waals surface area contributed by atoms with Crippen LogP contribution >= 0.6 is 0 Å². The molecule has 0 bridgehead atoms. The van der Waals surface area contributed by atoms with Crippen LogP contribution in [0.15, 0.2) is 41.3 Å². The molecule has 6 N–H and O–H groups in total. The first-order chi connectivity index (χ1) is 19.8. The summed E-state index contributed by atoms with van der Waals surface area (Å²) in [5.41, 5.74) is 15.9. The molecule has 42 heavy (non-hydrogen) atoms. The molecule has 0 saturated carbocycles. The third kappa shape index (κ3) is 7.30. The molecule has 224 valence electrons. The standard InChI is InChI=1S/C30H43N11O/c1-18(2)16-40-10-12-41(13-11-40)29-38-25-24(26(32)39-29)34-17-35-27(25)36-21-14-20(9-8-19(21)3)28(42)37-23(33-7)15-22(31)30(4,5)6/h8-9,14-15,17-18H,10-13,16,31H2,1-7H3,(H2,32,38,39)(H,33,37,42)(H,34,35,36). The van der Waals surface area contributed by atoms with Crippen molar-refractivity contribution in [1.29, 1.82) is 0 Å². The number of rotatable bonds is 7. The normalized spacial score (nSPS) is 15.4. The Hall–Kier alpha value is -4.32. The van der Waals surface area contributed by atoms with E-state index in [1.54, 1.807) is 25.3 Å². The lowest BCUT2D eigenvalue weighted by Gasteiger charge is -2.35. The average Bonchev–Trinajstić information content (AvgIpc) is 2.93. The molecular weight excluding hydrogens is 530 g/mol. The summed E-state index contributed by atoms with van der Waals surface area (Å²) >= 11 is 0. The van der Waals surface area contributed by atoms with Crippen LogP contribution in [0.3, 0.4) is 0 Å². The zero-order valence-electron chi connectivity index (χ0n) is 25.7. The molecule has 0 unspecified atom stereocenters. The Morgan fingerprint density at radius 3 is 2.48 bits per heavy atom. The summed E-state index contributed by atoms with van der Waals surface area (Å²) in [6, 6.07) is 5.39. The van der Waals surface area contributed by atoms with Gasteiger partial charge in [-0.25, -0.2) is 15.0 Å². The molecule has 0 radical (unpaired) electrons. The molecule has 0 aliphatic carbocycles. The SMILES string of the molecule is CN=C(C=C(N)C(C)(C)C)NC(=O)c1ccc(C)c(Nc2ncnc3c(N)nc(N4CCN(CC(C)C)CC4)nc23)c1. The second-order valence-corrected chi connectivity index (χ2v) is 12.1. The number of anilines is 4. The van der Waals surface area contributed by atoms with Crippen molar-refractivity contribution in [2.45, 2.75) is 41.5 Å². The van der Waals surface area contributed by atoms with Crippen LogP contribution in [0.2, 0.25) is 0 Å². The van der Waals surface area contributed by atoms with E-state index in [9.17, 15) is 4.79 Å². The fourth-order valence-electron chi connectivity index (χ4n) is 4.57. The molecule has 12 heteroatoms. The van der Waals surface area contributed by atoms with Gasteiger partial charge in [-0.1, -0.05) is 40.7 Å². The highest BCUT2D eigenvalue weighted by atomic mass is 16.1. The smallest absolute Gasteiger partial charge is 0.256 e. The maximum absolute atomic E-state index is 13.2. The van der Waals surface area contributed by atoms with E-state index in [0.29, 0.717) is 57.3 Å². The minimum absolute atomic E-state index is 0.253. The molecule has 2 aromatic heterocycles. The van der Waals surface area contributed by atoms with Crippen molar-refractivity contribution in [1.82, 2.24) is 30.2 Å². The van der Waals surface area contributed by atoms with Gasteiger partial charge in [0.15, 0.2) is 11.6 Å². The summed E-state index contributed by atoms with van der Waals surface area (Å²) in [7, 11) is 1.61. The first kappa shape index (κ1) is 30.6. The Morgan fingerprint density at radius 2 is 1.83 bits per heavy atom. The van der Waals surface area contributed by atoms with Crippen molar-refractivity contribution in [3.05, 3.63) is 47.4 Å². The van der Waals surface area contributed by atoms with E-state index in [1.807, 2.05) is 33.8 Å². The van der Waals surface area contributed by atoms with Crippen molar-refractivity contribution in [2.75, 3.05) is 55.7 Å². The number of aliphatic imine (C=N–C) groups is 1. The summed E-state index contributed by atoms with van der Waals surface area (Å²) in [5, 5.41) is 6.20. The summed E-state index contributed by atoms with van der Waals surface area (Å²) in [5.74, 6) is 2.02. The number of nitrogen functional groups attached to an aromatic ring is 1. The maximum atomic E-state index is 13.2. The summed E-state index contributed by atoms with van der Waals surface area (Å²) in [4.78, 5) is 40.2. The molecule has 1 amide bonds. The van der Waals surface area contributed by atoms with Crippen LogP contribution in [0.5, 0.6) is 0 Å². The van der Waals surface area contributed by atoms with E-state index >= 15 is 0 Å². The van der Waals surface area contributed by atoms with Crippen LogP contribution in [-0.2, 0) is 0 Å². The van der Waals surface area contributed by atoms with E-state index in [-0.39, 0.29) is 11.3 Å². The first-order valence-corrected chi connectivity index (χ1v) is 14.2. The molecule has 1 saturated heterocycles. The van der Waals surface area contributed by atoms with E-state index in [4.69, 9.17) is 16.5 Å². The van der Waals surface area contributed by atoms with Gasteiger partial charge in [0, 0.05) is 62.1 Å². The fourth-order valence-corrected chi connectivity index (χ4v) is 4.57. The molecule has 1 aromatic carbocycles. The molecule has 1 aliphatic rings. The van der Waals surface area contributed by atoms with Crippen molar-refractivity contribution >= 4 is 46.0 Å². The number of nitrogens with zero attached hydrogens (tertiary/aromatic N) is 7. The van der Waals surface area contributed by atoms with Crippen molar-refractivity contribution < 1.29 is 4.79 Å². The van der Waals surface area contributed by atoms with Gasteiger partial charge in [0.25, 0.3) is 5.91 Å². The average molecular weight is 574 g/mol. The van der Waals surface area contributed by atoms with Crippen LogP contribution in [-0.4, -0.2) is 76.4 Å². The zero-order chi connectivity index (χ0) is 30.6. The number of hydrogen-bond donors (Lipinski definition) is 4. The molecule has 3 heterocycles. The monoisotopic (exact) mass is 573 g/mol. The minimum Gasteiger partial charge on any atom is -0.401 e. The lowest BCUT2D eigenvalue weighted by molar-refractivity contribution is 0.0977. The molecule has 4 rings (SSSR count). The van der Waals surface area contributed by atoms with Crippen molar-refractivity contribution in [3.8, 4) is 0 Å². The van der Waals surface area contributed by atoms with Crippen molar-refractivity contribution in [2.24, 2.45) is 22.1 Å². The molecule has 0 spiro atoms. The van der Waals surface area contributed by atoms with Crippen LogP contribution in [0.4, 0.5) is 23.3 Å². The summed E-state index contributed by atoms with van der Waals surface area (Å²) in [6.45, 7) is 17.0. The molecule has 1 aliphatic heterocycles. The van der Waals surface area contributed by atoms with Crippen LogP contribution < -0.4 is 27.0 Å². The number of hydrogen-bond acceptors (Lipinski definition) is 11. The molecule has 3 aromatic rings. The van der Waals surface area contributed by atoms with E-state index in [2.05, 4.69) is 54.2 Å². The second-order valence-electron chi connectivity index (χ2n) is 12.1. The number of benzene rings is 1. The fraction of sp³-hybridized carbons (Fsp3) is 0.467. The van der Waals surface area contributed by atoms with Crippen molar-refractivity contribution in [3.63, 3.8) is 0 Å². The number of fused-ring (bicyclic) bond motifs is 1. The third-order valence-electron chi connectivity index (χ3n) is 7.17. The van der Waals surface area contributed by atoms with Gasteiger partial charge in [0.2, 0.25) is 5.95 Å². The zero-order valence-corrected chi connectivity index (χ0v) is 25.7. The number of amidine groups is 1. The lowest BCUT2D eigenvalue weighted by atomic mass is 9.92. The van der Waals surface area contributed by atoms with Gasteiger partial charge < -0.3 is 27.0 Å². The first-order valence-electron chi connectivity index (χ1n) is 14.2. The Kier molecular flexibility index (Phi) is 9.25. The Morgan fingerprint density at radius 1 is 1.12 bits per heavy atom. The van der Waals surface area contributed by atoms with E-state index in [0.717, 1.165) is 38.3 Å². The number of piperazine rings is 1. The van der Waals surface area contributed by atoms with Gasteiger partial charge in [-0.15, -0.1) is 0 Å². The minimum atomic E-state index is -0.311. The number of nitrogens with one attached hydrogen (secondary N) is 2. The highest BCUT2D eigenvalue weighted by Gasteiger charge is 2.22. The number of allylic oxidation sites excluding steroid dienone is 1. The summed E-state index contributed by atoms with van der Waals surface area (Å²) in [6.07, 6.45) is 3.11. The number of aromatic nitrogens is 4. The quantitative estimate of drug-likeness (QED) is 0.243.